The van der Waals surface area contributed by atoms with Gasteiger partial charge < -0.3 is 5.32 Å². The highest BCUT2D eigenvalue weighted by Crippen LogP contribution is 2.28. The van der Waals surface area contributed by atoms with Crippen LogP contribution in [0.5, 0.6) is 0 Å². The van der Waals surface area contributed by atoms with Crippen LogP contribution in [-0.2, 0) is 18.4 Å². The van der Waals surface area contributed by atoms with Crippen LogP contribution in [0.3, 0.4) is 0 Å². The number of carbonyl (C=O) groups is 1. The quantitative estimate of drug-likeness (QED) is 0.330. The van der Waals surface area contributed by atoms with E-state index in [-0.39, 0.29) is 27.8 Å². The molecule has 1 aromatic carbocycles. The molecule has 0 bridgehead atoms. The van der Waals surface area contributed by atoms with Gasteiger partial charge >= 0.3 is 5.69 Å². The molecule has 0 radical (unpaired) electrons. The van der Waals surface area contributed by atoms with Crippen molar-refractivity contribution in [3.05, 3.63) is 56.2 Å². The second-order valence-electron chi connectivity index (χ2n) is 7.90. The lowest BCUT2D eigenvalue weighted by Gasteiger charge is -2.17. The molecule has 3 rings (SSSR count). The number of halogens is 3. The summed E-state index contributed by atoms with van der Waals surface area (Å²) in [6.45, 7) is 7.21. The van der Waals surface area contributed by atoms with Crippen molar-refractivity contribution >= 4 is 34.4 Å². The minimum atomic E-state index is -1.70. The zero-order chi connectivity index (χ0) is 24.6. The molecule has 2 heterocycles. The van der Waals surface area contributed by atoms with E-state index in [9.17, 15) is 27.6 Å². The largest absolute Gasteiger partial charge is 0.332 e. The first-order valence-electron chi connectivity index (χ1n) is 10.0. The van der Waals surface area contributed by atoms with Crippen molar-refractivity contribution in [3.8, 4) is 0 Å². The Kier molecular flexibility index (Phi) is 6.96. The zero-order valence-electron chi connectivity index (χ0n) is 18.6. The minimum Gasteiger partial charge on any atom is -0.323 e. The van der Waals surface area contributed by atoms with E-state index in [2.05, 4.69) is 15.3 Å². The average molecular weight is 482 g/mol. The van der Waals surface area contributed by atoms with Gasteiger partial charge in [0.05, 0.1) is 10.9 Å². The molecule has 0 saturated carbocycles. The molecule has 176 valence electrons. The maximum Gasteiger partial charge on any atom is 0.332 e. The second kappa shape index (κ2) is 9.38. The molecule has 0 spiro atoms. The van der Waals surface area contributed by atoms with Crippen LogP contribution in [0.25, 0.3) is 11.0 Å². The molecule has 3 aromatic rings. The van der Waals surface area contributed by atoms with Crippen molar-refractivity contribution < 1.29 is 18.0 Å². The van der Waals surface area contributed by atoms with E-state index in [0.717, 1.165) is 22.4 Å². The highest BCUT2D eigenvalue weighted by Gasteiger charge is 2.24. The van der Waals surface area contributed by atoms with E-state index < -0.39 is 45.5 Å². The molecule has 8 nitrogen and oxygen atoms in total. The number of hydrogen-bond acceptors (Lipinski definition) is 6. The Morgan fingerprint density at radius 2 is 1.79 bits per heavy atom. The normalized spacial score (nSPS) is 12.4. The maximum absolute atomic E-state index is 13.9. The van der Waals surface area contributed by atoms with Gasteiger partial charge in [-0.1, -0.05) is 25.6 Å². The van der Waals surface area contributed by atoms with Crippen LogP contribution >= 0.6 is 11.8 Å². The molecule has 33 heavy (non-hydrogen) atoms. The van der Waals surface area contributed by atoms with Crippen LogP contribution in [0.1, 0.15) is 26.6 Å². The summed E-state index contributed by atoms with van der Waals surface area (Å²) >= 11 is 0.902. The highest BCUT2D eigenvalue weighted by molar-refractivity contribution is 8.00. The van der Waals surface area contributed by atoms with Gasteiger partial charge in [-0.25, -0.2) is 27.9 Å². The molecule has 2 aromatic heterocycles. The number of thioether (sulfide) groups is 1. The Balaban J connectivity index is 2.03. The summed E-state index contributed by atoms with van der Waals surface area (Å²) in [6.07, 6.45) is 0. The molecular weight excluding hydrogens is 459 g/mol. The molecule has 1 unspecified atom stereocenters. The standard InChI is InChI=1S/C21H22F3N5O3S/c1-9(2)8-29-17-14(20(31)28(5)21(29)32)19(26-11(4)25-17)33-10(3)18(30)27-13-7-6-12(22)15(23)16(13)24/h6-7,9-10H,8H2,1-5H3,(H,27,30). The van der Waals surface area contributed by atoms with Gasteiger partial charge in [-0.05, 0) is 31.9 Å². The number of benzene rings is 1. The summed E-state index contributed by atoms with van der Waals surface area (Å²) < 4.78 is 42.9. The third kappa shape index (κ3) is 4.80. The molecule has 1 amide bonds. The number of hydrogen-bond donors (Lipinski definition) is 1. The third-order valence-electron chi connectivity index (χ3n) is 4.76. The number of anilines is 1. The van der Waals surface area contributed by atoms with E-state index in [1.807, 2.05) is 13.8 Å². The molecular formula is C21H22F3N5O3S. The van der Waals surface area contributed by atoms with Gasteiger partial charge in [-0.2, -0.15) is 0 Å². The molecule has 0 aliphatic carbocycles. The lowest BCUT2D eigenvalue weighted by Crippen LogP contribution is -2.39. The molecule has 12 heteroatoms. The fraction of sp³-hybridized carbons (Fsp3) is 0.381. The van der Waals surface area contributed by atoms with Crippen molar-refractivity contribution in [1.82, 2.24) is 19.1 Å². The predicted molar refractivity (Wildman–Crippen MR) is 119 cm³/mol. The molecule has 0 aliphatic heterocycles. The number of nitrogens with zero attached hydrogens (tertiary/aromatic N) is 4. The van der Waals surface area contributed by atoms with Gasteiger partial charge in [-0.3, -0.25) is 18.7 Å². The van der Waals surface area contributed by atoms with Gasteiger partial charge in [0.25, 0.3) is 5.56 Å². The Hall–Kier alpha value is -3.15. The first-order valence-corrected chi connectivity index (χ1v) is 10.9. The van der Waals surface area contributed by atoms with Crippen molar-refractivity contribution in [3.63, 3.8) is 0 Å². The monoisotopic (exact) mass is 481 g/mol. The Morgan fingerprint density at radius 1 is 1.12 bits per heavy atom. The second-order valence-corrected chi connectivity index (χ2v) is 9.23. The SMILES string of the molecule is Cc1nc(SC(C)C(=O)Nc2ccc(F)c(F)c2F)c2c(=O)n(C)c(=O)n(CC(C)C)c2n1. The highest BCUT2D eigenvalue weighted by atomic mass is 32.2. The lowest BCUT2D eigenvalue weighted by atomic mass is 10.2. The smallest absolute Gasteiger partial charge is 0.323 e. The van der Waals surface area contributed by atoms with Crippen molar-refractivity contribution in [2.24, 2.45) is 13.0 Å². The van der Waals surface area contributed by atoms with Crippen molar-refractivity contribution in [2.45, 2.75) is 44.5 Å². The molecule has 0 fully saturated rings. The molecule has 1 N–H and O–H groups in total. The van der Waals surface area contributed by atoms with Gasteiger partial charge in [0.2, 0.25) is 5.91 Å². The van der Waals surface area contributed by atoms with Crippen LogP contribution < -0.4 is 16.6 Å². The van der Waals surface area contributed by atoms with Crippen LogP contribution in [0, 0.1) is 30.3 Å². The summed E-state index contributed by atoms with van der Waals surface area (Å²) in [4.78, 5) is 46.8. The first-order chi connectivity index (χ1) is 15.4. The van der Waals surface area contributed by atoms with E-state index in [1.54, 1.807) is 6.92 Å². The summed E-state index contributed by atoms with van der Waals surface area (Å²) in [6, 6.07) is 1.61. The minimum absolute atomic E-state index is 0.0759. The van der Waals surface area contributed by atoms with E-state index in [0.29, 0.717) is 12.6 Å². The molecule has 1 atom stereocenters. The van der Waals surface area contributed by atoms with E-state index in [1.165, 1.54) is 18.5 Å². The van der Waals surface area contributed by atoms with Gasteiger partial charge in [-0.15, -0.1) is 0 Å². The van der Waals surface area contributed by atoms with Gasteiger partial charge in [0.1, 0.15) is 16.2 Å². The number of nitrogens with one attached hydrogen (secondary N) is 1. The van der Waals surface area contributed by atoms with Gasteiger partial charge in [0, 0.05) is 13.6 Å². The number of aryl methyl sites for hydroxylation is 1. The fourth-order valence-electron chi connectivity index (χ4n) is 3.13. The third-order valence-corrected chi connectivity index (χ3v) is 5.85. The Labute approximate surface area is 190 Å². The molecule has 0 aliphatic rings. The Bertz CT molecular complexity index is 1370. The van der Waals surface area contributed by atoms with Crippen LogP contribution in [0.15, 0.2) is 26.7 Å². The first kappa shape index (κ1) is 24.5. The molecule has 0 saturated heterocycles. The summed E-state index contributed by atoms with van der Waals surface area (Å²) in [5, 5.41) is 1.54. The van der Waals surface area contributed by atoms with Crippen molar-refractivity contribution in [1.29, 1.82) is 0 Å². The lowest BCUT2D eigenvalue weighted by molar-refractivity contribution is -0.115. The summed E-state index contributed by atoms with van der Waals surface area (Å²) in [5.41, 5.74) is -1.49. The zero-order valence-corrected chi connectivity index (χ0v) is 19.4. The maximum atomic E-state index is 13.9. The number of fused-ring (bicyclic) bond motifs is 1. The van der Waals surface area contributed by atoms with E-state index in [4.69, 9.17) is 0 Å². The number of rotatable bonds is 6. The number of amides is 1. The topological polar surface area (TPSA) is 98.9 Å². The fourth-order valence-corrected chi connectivity index (χ4v) is 4.12. The van der Waals surface area contributed by atoms with Gasteiger partial charge in [0.15, 0.2) is 23.1 Å². The summed E-state index contributed by atoms with van der Waals surface area (Å²) in [5.74, 6) is -4.94. The average Bonchev–Trinajstić information content (AvgIpc) is 2.74. The van der Waals surface area contributed by atoms with Crippen LogP contribution in [-0.4, -0.2) is 30.3 Å². The van der Waals surface area contributed by atoms with Crippen molar-refractivity contribution in [2.75, 3.05) is 5.32 Å². The van der Waals surface area contributed by atoms with Crippen LogP contribution in [0.2, 0.25) is 0 Å². The number of aromatic nitrogens is 4. The van der Waals surface area contributed by atoms with Crippen LogP contribution in [0.4, 0.5) is 18.9 Å². The Morgan fingerprint density at radius 3 is 2.42 bits per heavy atom. The number of carbonyl (C=O) groups excluding carboxylic acids is 1. The van der Waals surface area contributed by atoms with E-state index >= 15 is 0 Å². The summed E-state index contributed by atoms with van der Waals surface area (Å²) in [7, 11) is 1.34. The predicted octanol–water partition coefficient (Wildman–Crippen LogP) is 2.99.